The second-order valence-electron chi connectivity index (χ2n) is 7.54. The van der Waals surface area contributed by atoms with Gasteiger partial charge in [-0.25, -0.2) is 6.57 Å². The maximum absolute atomic E-state index is 7.34. The molecule has 0 aromatic heterocycles. The van der Waals surface area contributed by atoms with Gasteiger partial charge in [-0.1, -0.05) is 13.8 Å². The van der Waals surface area contributed by atoms with E-state index in [1.165, 1.54) is 25.7 Å². The molecule has 86 valence electrons. The number of rotatable bonds is 0. The van der Waals surface area contributed by atoms with Crippen LogP contribution in [0.4, 0.5) is 0 Å². The Labute approximate surface area is 98.4 Å². The fourth-order valence-corrected chi connectivity index (χ4v) is 6.35. The van der Waals surface area contributed by atoms with Gasteiger partial charge in [-0.05, 0) is 54.3 Å². The summed E-state index contributed by atoms with van der Waals surface area (Å²) in [5, 5.41) is 0. The molecular formula is C15H21N. The van der Waals surface area contributed by atoms with Crippen LogP contribution in [0.1, 0.15) is 39.5 Å². The zero-order valence-electron chi connectivity index (χ0n) is 10.3. The van der Waals surface area contributed by atoms with Crippen molar-refractivity contribution in [1.82, 2.24) is 0 Å². The monoisotopic (exact) mass is 215 g/mol. The first-order valence-electron chi connectivity index (χ1n) is 6.98. The predicted molar refractivity (Wildman–Crippen MR) is 63.6 cm³/mol. The molecule has 4 aliphatic rings. The Morgan fingerprint density at radius 3 is 2.62 bits per heavy atom. The smallest absolute Gasteiger partial charge is 0.227 e. The Morgan fingerprint density at radius 2 is 1.88 bits per heavy atom. The van der Waals surface area contributed by atoms with Crippen molar-refractivity contribution in [2.45, 2.75) is 45.6 Å². The summed E-state index contributed by atoms with van der Waals surface area (Å²) in [5.41, 5.74) is 0.615. The molecule has 4 aliphatic carbocycles. The molecule has 0 radical (unpaired) electrons. The standard InChI is InChI=1S/C15H21N/c1-15(2)7-9-5-11(15)14-8-4-10(13(9)14)12(6-8)16-3/h8-14H,4-7H2,1-2H3. The van der Waals surface area contributed by atoms with Crippen LogP contribution in [0.2, 0.25) is 0 Å². The van der Waals surface area contributed by atoms with Crippen molar-refractivity contribution in [2.24, 2.45) is 40.9 Å². The van der Waals surface area contributed by atoms with E-state index in [2.05, 4.69) is 18.7 Å². The van der Waals surface area contributed by atoms with Crippen molar-refractivity contribution in [3.8, 4) is 0 Å². The van der Waals surface area contributed by atoms with Gasteiger partial charge in [0.2, 0.25) is 6.04 Å². The zero-order valence-corrected chi connectivity index (χ0v) is 10.3. The van der Waals surface area contributed by atoms with Crippen LogP contribution < -0.4 is 0 Å². The van der Waals surface area contributed by atoms with Crippen LogP contribution in [0.25, 0.3) is 4.85 Å². The summed E-state index contributed by atoms with van der Waals surface area (Å²) in [6, 6.07) is 0.411. The van der Waals surface area contributed by atoms with Gasteiger partial charge in [-0.3, -0.25) is 0 Å². The largest absolute Gasteiger partial charge is 0.313 e. The average Bonchev–Trinajstić information content (AvgIpc) is 2.89. The molecule has 0 heterocycles. The van der Waals surface area contributed by atoms with E-state index in [4.69, 9.17) is 6.57 Å². The second kappa shape index (κ2) is 2.66. The molecule has 16 heavy (non-hydrogen) atoms. The van der Waals surface area contributed by atoms with Crippen LogP contribution in [-0.2, 0) is 0 Å². The molecule has 4 rings (SSSR count). The van der Waals surface area contributed by atoms with Gasteiger partial charge in [0.05, 0.1) is 0 Å². The molecule has 0 amide bonds. The van der Waals surface area contributed by atoms with E-state index >= 15 is 0 Å². The molecule has 0 spiro atoms. The lowest BCUT2D eigenvalue weighted by Crippen LogP contribution is -2.39. The Bertz CT molecular complexity index is 377. The predicted octanol–water partition coefficient (Wildman–Crippen LogP) is 3.61. The van der Waals surface area contributed by atoms with Crippen molar-refractivity contribution in [3.63, 3.8) is 0 Å². The van der Waals surface area contributed by atoms with Crippen LogP contribution in [0.3, 0.4) is 0 Å². The summed E-state index contributed by atoms with van der Waals surface area (Å²) in [4.78, 5) is 3.90. The van der Waals surface area contributed by atoms with E-state index in [1.54, 1.807) is 0 Å². The van der Waals surface area contributed by atoms with Crippen LogP contribution in [0.15, 0.2) is 0 Å². The minimum Gasteiger partial charge on any atom is -0.313 e. The minimum atomic E-state index is 0.411. The second-order valence-corrected chi connectivity index (χ2v) is 7.54. The van der Waals surface area contributed by atoms with Crippen molar-refractivity contribution in [2.75, 3.05) is 0 Å². The number of hydrogen-bond acceptors (Lipinski definition) is 0. The highest BCUT2D eigenvalue weighted by atomic mass is 14.8. The van der Waals surface area contributed by atoms with Crippen molar-refractivity contribution >= 4 is 0 Å². The highest BCUT2D eigenvalue weighted by molar-refractivity contribution is 5.17. The first-order chi connectivity index (χ1) is 7.62. The third-order valence-electron chi connectivity index (χ3n) is 6.62. The van der Waals surface area contributed by atoms with Crippen LogP contribution in [0, 0.1) is 47.5 Å². The zero-order chi connectivity index (χ0) is 11.1. The Hall–Kier alpha value is -0.510. The van der Waals surface area contributed by atoms with Gasteiger partial charge in [0.15, 0.2) is 0 Å². The molecule has 4 bridgehead atoms. The molecule has 0 N–H and O–H groups in total. The molecule has 7 unspecified atom stereocenters. The molecule has 4 fully saturated rings. The van der Waals surface area contributed by atoms with Gasteiger partial charge in [0, 0.05) is 12.3 Å². The van der Waals surface area contributed by atoms with Crippen molar-refractivity contribution in [1.29, 1.82) is 0 Å². The van der Waals surface area contributed by atoms with E-state index in [9.17, 15) is 0 Å². The topological polar surface area (TPSA) is 4.36 Å². The Kier molecular flexibility index (Phi) is 1.58. The fourth-order valence-electron chi connectivity index (χ4n) is 6.35. The fraction of sp³-hybridized carbons (Fsp3) is 0.933. The minimum absolute atomic E-state index is 0.411. The molecule has 0 aliphatic heterocycles. The highest BCUT2D eigenvalue weighted by Gasteiger charge is 2.68. The summed E-state index contributed by atoms with van der Waals surface area (Å²) in [6.45, 7) is 12.3. The van der Waals surface area contributed by atoms with Gasteiger partial charge in [-0.15, -0.1) is 0 Å². The lowest BCUT2D eigenvalue weighted by atomic mass is 9.62. The summed E-state index contributed by atoms with van der Waals surface area (Å²) in [5.74, 6) is 5.73. The SMILES string of the molecule is [C-]#[N+]C1CC2CC1C1C3CC(C21)C(C)(C)C3. The van der Waals surface area contributed by atoms with E-state index in [1.807, 2.05) is 0 Å². The average molecular weight is 215 g/mol. The molecular weight excluding hydrogens is 194 g/mol. The van der Waals surface area contributed by atoms with Gasteiger partial charge in [-0.2, -0.15) is 0 Å². The summed E-state index contributed by atoms with van der Waals surface area (Å²) in [7, 11) is 0. The maximum atomic E-state index is 7.34. The first-order valence-corrected chi connectivity index (χ1v) is 6.98. The van der Waals surface area contributed by atoms with Crippen molar-refractivity contribution < 1.29 is 0 Å². The third kappa shape index (κ3) is 0.895. The molecule has 1 heteroatoms. The Balaban J connectivity index is 1.71. The maximum Gasteiger partial charge on any atom is 0.227 e. The molecule has 0 aromatic carbocycles. The van der Waals surface area contributed by atoms with Gasteiger partial charge >= 0.3 is 0 Å². The van der Waals surface area contributed by atoms with Gasteiger partial charge in [0.1, 0.15) is 0 Å². The van der Waals surface area contributed by atoms with Crippen LogP contribution in [-0.4, -0.2) is 6.04 Å². The number of fused-ring (bicyclic) bond motifs is 9. The van der Waals surface area contributed by atoms with Crippen LogP contribution in [0.5, 0.6) is 0 Å². The van der Waals surface area contributed by atoms with Gasteiger partial charge in [0.25, 0.3) is 0 Å². The Morgan fingerprint density at radius 1 is 1.06 bits per heavy atom. The first kappa shape index (κ1) is 9.51. The molecule has 0 saturated heterocycles. The van der Waals surface area contributed by atoms with E-state index in [0.29, 0.717) is 11.5 Å². The molecule has 7 atom stereocenters. The highest BCUT2D eigenvalue weighted by Crippen LogP contribution is 2.71. The number of nitrogens with zero attached hydrogens (tertiary/aromatic N) is 1. The summed E-state index contributed by atoms with van der Waals surface area (Å²) >= 11 is 0. The third-order valence-corrected chi connectivity index (χ3v) is 6.62. The number of hydrogen-bond donors (Lipinski definition) is 0. The molecule has 0 aromatic rings. The van der Waals surface area contributed by atoms with E-state index in [-0.39, 0.29) is 0 Å². The molecule has 1 nitrogen and oxygen atoms in total. The van der Waals surface area contributed by atoms with Gasteiger partial charge < -0.3 is 4.85 Å². The van der Waals surface area contributed by atoms with Crippen LogP contribution >= 0.6 is 0 Å². The van der Waals surface area contributed by atoms with E-state index in [0.717, 1.165) is 35.5 Å². The lowest BCUT2D eigenvalue weighted by Gasteiger charge is -2.42. The molecule has 4 saturated carbocycles. The van der Waals surface area contributed by atoms with E-state index < -0.39 is 0 Å². The quantitative estimate of drug-likeness (QED) is 0.429. The summed E-state index contributed by atoms with van der Waals surface area (Å²) < 4.78 is 0. The summed E-state index contributed by atoms with van der Waals surface area (Å²) in [6.07, 6.45) is 5.60. The normalized spacial score (nSPS) is 59.9. The van der Waals surface area contributed by atoms with Crippen molar-refractivity contribution in [3.05, 3.63) is 11.4 Å². The lowest BCUT2D eigenvalue weighted by molar-refractivity contribution is 0.0561.